The van der Waals surface area contributed by atoms with Gasteiger partial charge in [-0.3, -0.25) is 24.1 Å². The second kappa shape index (κ2) is 9.53. The number of halogens is 1. The number of para-hydroxylation sites is 1. The van der Waals surface area contributed by atoms with Crippen LogP contribution in [0.15, 0.2) is 48.5 Å². The topological polar surface area (TPSA) is 95.6 Å². The molecule has 1 heterocycles. The molecule has 1 saturated heterocycles. The van der Waals surface area contributed by atoms with Crippen LogP contribution in [0, 0.1) is 11.8 Å². The zero-order valence-corrected chi connectivity index (χ0v) is 18.2. The number of likely N-dealkylation sites (tertiary alicyclic amines) is 1. The SMILES string of the molecule is O=C(CCN1C(=O)[C@@H]2CCCC[C@H]2C1=O)Nc1ccccc1C(=O)Nc1ccc(Cl)cc1. The van der Waals surface area contributed by atoms with Gasteiger partial charge in [-0.05, 0) is 49.2 Å². The van der Waals surface area contributed by atoms with Crippen molar-refractivity contribution in [3.05, 3.63) is 59.1 Å². The molecule has 4 amide bonds. The van der Waals surface area contributed by atoms with Crippen molar-refractivity contribution in [2.24, 2.45) is 11.8 Å². The molecule has 32 heavy (non-hydrogen) atoms. The van der Waals surface area contributed by atoms with E-state index >= 15 is 0 Å². The zero-order chi connectivity index (χ0) is 22.7. The number of carbonyl (C=O) groups excluding carboxylic acids is 4. The molecular weight excluding hydrogens is 430 g/mol. The number of fused-ring (bicyclic) bond motifs is 1. The molecule has 2 aromatic rings. The summed E-state index contributed by atoms with van der Waals surface area (Å²) in [6, 6.07) is 13.4. The van der Waals surface area contributed by atoms with Crippen LogP contribution in [0.5, 0.6) is 0 Å². The number of hydrogen-bond acceptors (Lipinski definition) is 4. The molecule has 2 fully saturated rings. The molecule has 0 spiro atoms. The van der Waals surface area contributed by atoms with Gasteiger partial charge < -0.3 is 10.6 Å². The summed E-state index contributed by atoms with van der Waals surface area (Å²) in [5, 5.41) is 6.06. The third-order valence-corrected chi connectivity index (χ3v) is 6.29. The van der Waals surface area contributed by atoms with Crippen molar-refractivity contribution >= 4 is 46.6 Å². The fraction of sp³-hybridized carbons (Fsp3) is 0.333. The van der Waals surface area contributed by atoms with Crippen LogP contribution in [0.1, 0.15) is 42.5 Å². The first-order valence-corrected chi connectivity index (χ1v) is 11.1. The van der Waals surface area contributed by atoms with Gasteiger partial charge in [0.1, 0.15) is 0 Å². The number of carbonyl (C=O) groups is 4. The number of nitrogens with zero attached hydrogens (tertiary/aromatic N) is 1. The van der Waals surface area contributed by atoms with Gasteiger partial charge in [0.2, 0.25) is 17.7 Å². The molecule has 2 N–H and O–H groups in total. The van der Waals surface area contributed by atoms with E-state index in [0.29, 0.717) is 22.0 Å². The minimum atomic E-state index is -0.378. The van der Waals surface area contributed by atoms with Crippen LogP contribution in [0.25, 0.3) is 0 Å². The van der Waals surface area contributed by atoms with Gasteiger partial charge in [-0.1, -0.05) is 36.6 Å². The average molecular weight is 454 g/mol. The number of rotatable bonds is 6. The Balaban J connectivity index is 1.37. The summed E-state index contributed by atoms with van der Waals surface area (Å²) in [6.07, 6.45) is 3.39. The van der Waals surface area contributed by atoms with Crippen molar-refractivity contribution in [2.45, 2.75) is 32.1 Å². The Hall–Kier alpha value is -3.19. The molecule has 166 valence electrons. The Morgan fingerprint density at radius 3 is 2.19 bits per heavy atom. The highest BCUT2D eigenvalue weighted by Crippen LogP contribution is 2.38. The summed E-state index contributed by atoms with van der Waals surface area (Å²) in [5.74, 6) is -1.51. The largest absolute Gasteiger partial charge is 0.325 e. The maximum absolute atomic E-state index is 12.7. The fourth-order valence-corrected chi connectivity index (χ4v) is 4.53. The number of anilines is 2. The average Bonchev–Trinajstić information content (AvgIpc) is 3.04. The number of imide groups is 1. The lowest BCUT2D eigenvalue weighted by Gasteiger charge is -2.19. The van der Waals surface area contributed by atoms with Crippen LogP contribution in [0.3, 0.4) is 0 Å². The highest BCUT2D eigenvalue weighted by molar-refractivity contribution is 6.30. The predicted molar refractivity (Wildman–Crippen MR) is 121 cm³/mol. The van der Waals surface area contributed by atoms with Gasteiger partial charge in [0.05, 0.1) is 23.1 Å². The van der Waals surface area contributed by atoms with Gasteiger partial charge >= 0.3 is 0 Å². The van der Waals surface area contributed by atoms with Crippen molar-refractivity contribution < 1.29 is 19.2 Å². The molecule has 2 atom stereocenters. The summed E-state index contributed by atoms with van der Waals surface area (Å²) in [7, 11) is 0. The van der Waals surface area contributed by atoms with Crippen molar-refractivity contribution in [2.75, 3.05) is 17.2 Å². The standard InChI is InChI=1S/C24H24ClN3O4/c25-15-9-11-16(12-10-15)26-22(30)19-7-3-4-8-20(19)27-21(29)13-14-28-23(31)17-5-1-2-6-18(17)24(28)32/h3-4,7-12,17-18H,1-2,5-6,13-14H2,(H,26,30)(H,27,29)/t17-,18-/m1/s1. The van der Waals surface area contributed by atoms with E-state index in [1.54, 1.807) is 48.5 Å². The Morgan fingerprint density at radius 1 is 0.906 bits per heavy atom. The molecule has 0 radical (unpaired) electrons. The van der Waals surface area contributed by atoms with E-state index < -0.39 is 0 Å². The molecule has 0 bridgehead atoms. The van der Waals surface area contributed by atoms with Crippen molar-refractivity contribution in [1.29, 1.82) is 0 Å². The first-order valence-electron chi connectivity index (χ1n) is 10.7. The molecule has 1 saturated carbocycles. The maximum atomic E-state index is 12.7. The summed E-state index contributed by atoms with van der Waals surface area (Å²) in [5.41, 5.74) is 1.24. The monoisotopic (exact) mass is 453 g/mol. The Labute approximate surface area is 191 Å². The fourth-order valence-electron chi connectivity index (χ4n) is 4.40. The minimum absolute atomic E-state index is 0.0238. The molecule has 8 heteroatoms. The number of nitrogens with one attached hydrogen (secondary N) is 2. The molecule has 4 rings (SSSR count). The van der Waals surface area contributed by atoms with Crippen LogP contribution < -0.4 is 10.6 Å². The van der Waals surface area contributed by atoms with Crippen LogP contribution in [0.2, 0.25) is 5.02 Å². The third-order valence-electron chi connectivity index (χ3n) is 6.04. The van der Waals surface area contributed by atoms with Gasteiger partial charge in [0.25, 0.3) is 5.91 Å². The van der Waals surface area contributed by atoms with E-state index in [1.807, 2.05) is 0 Å². The van der Waals surface area contributed by atoms with E-state index in [1.165, 1.54) is 4.90 Å². The Kier molecular flexibility index (Phi) is 6.55. The second-order valence-electron chi connectivity index (χ2n) is 8.13. The number of hydrogen-bond donors (Lipinski definition) is 2. The Bertz CT molecular complexity index is 1030. The normalized spacial score (nSPS) is 20.1. The number of benzene rings is 2. The molecule has 2 aliphatic rings. The molecule has 0 unspecified atom stereocenters. The maximum Gasteiger partial charge on any atom is 0.257 e. The van der Waals surface area contributed by atoms with Gasteiger partial charge in [-0.15, -0.1) is 0 Å². The summed E-state index contributed by atoms with van der Waals surface area (Å²) >= 11 is 5.87. The lowest BCUT2D eigenvalue weighted by atomic mass is 9.81. The van der Waals surface area contributed by atoms with Gasteiger partial charge in [0, 0.05) is 23.7 Å². The molecule has 0 aromatic heterocycles. The molecular formula is C24H24ClN3O4. The molecule has 1 aliphatic heterocycles. The summed E-state index contributed by atoms with van der Waals surface area (Å²) in [4.78, 5) is 51.6. The molecule has 1 aliphatic carbocycles. The van der Waals surface area contributed by atoms with Crippen LogP contribution in [-0.4, -0.2) is 35.1 Å². The van der Waals surface area contributed by atoms with E-state index in [9.17, 15) is 19.2 Å². The predicted octanol–water partition coefficient (Wildman–Crippen LogP) is 4.10. The number of amides is 4. The van der Waals surface area contributed by atoms with Crippen molar-refractivity contribution in [3.63, 3.8) is 0 Å². The first-order chi connectivity index (χ1) is 15.4. The smallest absolute Gasteiger partial charge is 0.257 e. The van der Waals surface area contributed by atoms with Crippen molar-refractivity contribution in [1.82, 2.24) is 4.90 Å². The lowest BCUT2D eigenvalue weighted by molar-refractivity contribution is -0.140. The van der Waals surface area contributed by atoms with E-state index in [4.69, 9.17) is 11.6 Å². The van der Waals surface area contributed by atoms with Gasteiger partial charge in [-0.2, -0.15) is 0 Å². The van der Waals surface area contributed by atoms with Gasteiger partial charge in [-0.25, -0.2) is 0 Å². The van der Waals surface area contributed by atoms with Crippen molar-refractivity contribution in [3.8, 4) is 0 Å². The highest BCUT2D eigenvalue weighted by Gasteiger charge is 2.47. The lowest BCUT2D eigenvalue weighted by Crippen LogP contribution is -2.34. The summed E-state index contributed by atoms with van der Waals surface area (Å²) < 4.78 is 0. The van der Waals surface area contributed by atoms with Crippen LogP contribution >= 0.6 is 11.6 Å². The van der Waals surface area contributed by atoms with Crippen LogP contribution in [-0.2, 0) is 14.4 Å². The summed E-state index contributed by atoms with van der Waals surface area (Å²) in [6.45, 7) is 0.0512. The van der Waals surface area contributed by atoms with E-state index in [0.717, 1.165) is 25.7 Å². The third kappa shape index (κ3) is 4.67. The Morgan fingerprint density at radius 2 is 1.53 bits per heavy atom. The second-order valence-corrected chi connectivity index (χ2v) is 8.57. The highest BCUT2D eigenvalue weighted by atomic mass is 35.5. The first kappa shape index (κ1) is 22.0. The van der Waals surface area contributed by atoms with Gasteiger partial charge in [0.15, 0.2) is 0 Å². The molecule has 7 nitrogen and oxygen atoms in total. The molecule has 2 aromatic carbocycles. The van der Waals surface area contributed by atoms with E-state index in [-0.39, 0.29) is 48.4 Å². The van der Waals surface area contributed by atoms with E-state index in [2.05, 4.69) is 10.6 Å². The minimum Gasteiger partial charge on any atom is -0.325 e. The quantitative estimate of drug-likeness (QED) is 0.644. The zero-order valence-electron chi connectivity index (χ0n) is 17.5. The van der Waals surface area contributed by atoms with Crippen LogP contribution in [0.4, 0.5) is 11.4 Å².